The van der Waals surface area contributed by atoms with E-state index < -0.39 is 0 Å². The number of hydrogen-bond donors (Lipinski definition) is 0. The van der Waals surface area contributed by atoms with Crippen LogP contribution in [-0.2, 0) is 6.42 Å². The Hall–Kier alpha value is -2.53. The molecule has 130 valence electrons. The fraction of sp³-hybridized carbons (Fsp3) is 0.348. The van der Waals surface area contributed by atoms with Gasteiger partial charge in [-0.25, -0.2) is 0 Å². The largest absolute Gasteiger partial charge is 0.497 e. The number of methoxy groups -OCH3 is 1. The highest BCUT2D eigenvalue weighted by Crippen LogP contribution is 2.21. The van der Waals surface area contributed by atoms with Crippen LogP contribution in [0, 0.1) is 11.3 Å². The zero-order valence-electron chi connectivity index (χ0n) is 15.3. The molecule has 0 bridgehead atoms. The Bertz CT molecular complexity index is 705. The summed E-state index contributed by atoms with van der Waals surface area (Å²) >= 11 is 0. The van der Waals surface area contributed by atoms with Gasteiger partial charge in [-0.1, -0.05) is 56.9 Å². The van der Waals surface area contributed by atoms with Gasteiger partial charge in [0.15, 0.2) is 0 Å². The average Bonchev–Trinajstić information content (AvgIpc) is 2.67. The maximum atomic E-state index is 9.46. The highest BCUT2D eigenvalue weighted by Gasteiger charge is 2.02. The lowest BCUT2D eigenvalue weighted by Gasteiger charge is -2.04. The van der Waals surface area contributed by atoms with Crippen LogP contribution < -0.4 is 4.74 Å². The molecule has 2 aromatic rings. The van der Waals surface area contributed by atoms with Gasteiger partial charge in [-0.15, -0.1) is 0 Å². The van der Waals surface area contributed by atoms with E-state index in [1.54, 1.807) is 7.11 Å². The van der Waals surface area contributed by atoms with Crippen LogP contribution in [0.4, 0.5) is 0 Å². The van der Waals surface area contributed by atoms with Gasteiger partial charge in [-0.3, -0.25) is 0 Å². The fourth-order valence-electron chi connectivity index (χ4n) is 2.83. The number of ether oxygens (including phenoxy) is 1. The molecule has 0 atom stereocenters. The molecule has 0 saturated heterocycles. The first-order chi connectivity index (χ1) is 12.3. The van der Waals surface area contributed by atoms with E-state index in [0.717, 1.165) is 23.3 Å². The molecule has 2 heteroatoms. The van der Waals surface area contributed by atoms with Gasteiger partial charge in [0.2, 0.25) is 0 Å². The Balaban J connectivity index is 1.99. The molecule has 0 saturated carbocycles. The van der Waals surface area contributed by atoms with Crippen molar-refractivity contribution in [2.75, 3.05) is 7.11 Å². The van der Waals surface area contributed by atoms with E-state index in [0.29, 0.717) is 5.57 Å². The Morgan fingerprint density at radius 1 is 0.960 bits per heavy atom. The zero-order valence-corrected chi connectivity index (χ0v) is 15.3. The van der Waals surface area contributed by atoms with Crippen molar-refractivity contribution in [3.8, 4) is 11.8 Å². The second kappa shape index (κ2) is 10.4. The number of benzene rings is 2. The van der Waals surface area contributed by atoms with Crippen molar-refractivity contribution in [1.29, 1.82) is 5.26 Å². The molecule has 2 nitrogen and oxygen atoms in total. The third-order valence-corrected chi connectivity index (χ3v) is 4.38. The molecule has 0 amide bonds. The van der Waals surface area contributed by atoms with E-state index in [4.69, 9.17) is 4.74 Å². The molecule has 0 aliphatic heterocycles. The summed E-state index contributed by atoms with van der Waals surface area (Å²) in [7, 11) is 1.64. The Labute approximate surface area is 151 Å². The number of nitriles is 1. The van der Waals surface area contributed by atoms with Gasteiger partial charge >= 0.3 is 0 Å². The Kier molecular flexibility index (Phi) is 7.79. The second-order valence-electron chi connectivity index (χ2n) is 6.30. The average molecular weight is 333 g/mol. The third-order valence-electron chi connectivity index (χ3n) is 4.38. The molecule has 0 N–H and O–H groups in total. The summed E-state index contributed by atoms with van der Waals surface area (Å²) in [6.45, 7) is 2.24. The van der Waals surface area contributed by atoms with Crippen molar-refractivity contribution in [3.05, 3.63) is 65.2 Å². The van der Waals surface area contributed by atoms with Crippen LogP contribution in [0.25, 0.3) is 11.6 Å². The van der Waals surface area contributed by atoms with Crippen molar-refractivity contribution in [2.24, 2.45) is 0 Å². The monoisotopic (exact) mass is 333 g/mol. The van der Waals surface area contributed by atoms with Crippen molar-refractivity contribution in [3.63, 3.8) is 0 Å². The number of rotatable bonds is 9. The van der Waals surface area contributed by atoms with Gasteiger partial charge in [0, 0.05) is 0 Å². The van der Waals surface area contributed by atoms with Crippen LogP contribution in [0.3, 0.4) is 0 Å². The first-order valence-corrected chi connectivity index (χ1v) is 9.12. The highest BCUT2D eigenvalue weighted by molar-refractivity contribution is 5.89. The van der Waals surface area contributed by atoms with Crippen molar-refractivity contribution >= 4 is 11.6 Å². The molecule has 25 heavy (non-hydrogen) atoms. The van der Waals surface area contributed by atoms with Crippen LogP contribution in [0.2, 0.25) is 0 Å². The van der Waals surface area contributed by atoms with Gasteiger partial charge in [-0.2, -0.15) is 5.26 Å². The maximum absolute atomic E-state index is 9.46. The quantitative estimate of drug-likeness (QED) is 0.308. The summed E-state index contributed by atoms with van der Waals surface area (Å²) in [5, 5.41) is 9.46. The summed E-state index contributed by atoms with van der Waals surface area (Å²) in [6, 6.07) is 18.4. The first-order valence-electron chi connectivity index (χ1n) is 9.12. The lowest BCUT2D eigenvalue weighted by atomic mass is 10.0. The van der Waals surface area contributed by atoms with Gasteiger partial charge < -0.3 is 4.74 Å². The van der Waals surface area contributed by atoms with E-state index in [1.165, 1.54) is 37.7 Å². The van der Waals surface area contributed by atoms with E-state index in [-0.39, 0.29) is 0 Å². The van der Waals surface area contributed by atoms with Crippen molar-refractivity contribution in [2.45, 2.75) is 45.4 Å². The number of aryl methyl sites for hydroxylation is 1. The standard InChI is InChI=1S/C23H27NO/c1-3-4-5-6-7-8-19-9-11-20(12-10-19)17-22(18-24)21-13-15-23(25-2)16-14-21/h9-17H,3-8H2,1-2H3. The first kappa shape index (κ1) is 18.8. The lowest BCUT2D eigenvalue weighted by molar-refractivity contribution is 0.415. The van der Waals surface area contributed by atoms with E-state index in [9.17, 15) is 5.26 Å². The molecule has 0 unspecified atom stereocenters. The molecule has 2 rings (SSSR count). The molecule has 0 radical (unpaired) electrons. The molecular weight excluding hydrogens is 306 g/mol. The number of allylic oxidation sites excluding steroid dienone is 1. The van der Waals surface area contributed by atoms with Crippen LogP contribution in [0.15, 0.2) is 48.5 Å². The van der Waals surface area contributed by atoms with E-state index in [1.807, 2.05) is 30.3 Å². The molecule has 0 aliphatic carbocycles. The van der Waals surface area contributed by atoms with Crippen LogP contribution in [0.1, 0.15) is 55.7 Å². The van der Waals surface area contributed by atoms with E-state index >= 15 is 0 Å². The molecule has 0 aliphatic rings. The van der Waals surface area contributed by atoms with Crippen LogP contribution in [-0.4, -0.2) is 7.11 Å². The van der Waals surface area contributed by atoms with Gasteiger partial charge in [0.25, 0.3) is 0 Å². The Morgan fingerprint density at radius 3 is 2.24 bits per heavy atom. The Morgan fingerprint density at radius 2 is 1.64 bits per heavy atom. The summed E-state index contributed by atoms with van der Waals surface area (Å²) in [4.78, 5) is 0. The molecule has 2 aromatic carbocycles. The lowest BCUT2D eigenvalue weighted by Crippen LogP contribution is -1.87. The molecule has 0 heterocycles. The van der Waals surface area contributed by atoms with Gasteiger partial charge in [0.05, 0.1) is 18.8 Å². The topological polar surface area (TPSA) is 33.0 Å². The van der Waals surface area contributed by atoms with Crippen molar-refractivity contribution < 1.29 is 4.74 Å². The van der Waals surface area contributed by atoms with Crippen LogP contribution >= 0.6 is 0 Å². The molecule has 0 fully saturated rings. The SMILES string of the molecule is CCCCCCCc1ccc(C=C(C#N)c2ccc(OC)cc2)cc1. The zero-order chi connectivity index (χ0) is 17.9. The van der Waals surface area contributed by atoms with Crippen LogP contribution in [0.5, 0.6) is 5.75 Å². The number of nitrogens with zero attached hydrogens (tertiary/aromatic N) is 1. The predicted octanol–water partition coefficient (Wildman–Crippen LogP) is 6.27. The van der Waals surface area contributed by atoms with Gasteiger partial charge in [0.1, 0.15) is 5.75 Å². The summed E-state index contributed by atoms with van der Waals surface area (Å²) in [6.07, 6.45) is 9.60. The van der Waals surface area contributed by atoms with Crippen molar-refractivity contribution in [1.82, 2.24) is 0 Å². The predicted molar refractivity (Wildman–Crippen MR) is 105 cm³/mol. The third kappa shape index (κ3) is 6.12. The smallest absolute Gasteiger partial charge is 0.118 e. The molecule has 0 spiro atoms. The summed E-state index contributed by atoms with van der Waals surface area (Å²) < 4.78 is 5.17. The normalized spacial score (nSPS) is 11.2. The number of unbranched alkanes of at least 4 members (excludes halogenated alkanes) is 4. The molecular formula is C23H27NO. The molecule has 0 aromatic heterocycles. The number of hydrogen-bond acceptors (Lipinski definition) is 2. The van der Waals surface area contributed by atoms with E-state index in [2.05, 4.69) is 37.3 Å². The maximum Gasteiger partial charge on any atom is 0.118 e. The summed E-state index contributed by atoms with van der Waals surface area (Å²) in [5.74, 6) is 0.796. The minimum atomic E-state index is 0.662. The summed E-state index contributed by atoms with van der Waals surface area (Å²) in [5.41, 5.74) is 4.00. The van der Waals surface area contributed by atoms with Gasteiger partial charge in [-0.05, 0) is 59.9 Å². The minimum Gasteiger partial charge on any atom is -0.497 e. The minimum absolute atomic E-state index is 0.662. The second-order valence-corrected chi connectivity index (χ2v) is 6.30. The fourth-order valence-corrected chi connectivity index (χ4v) is 2.83. The highest BCUT2D eigenvalue weighted by atomic mass is 16.5.